The van der Waals surface area contributed by atoms with Crippen molar-refractivity contribution in [3.05, 3.63) is 43.1 Å². The van der Waals surface area contributed by atoms with Crippen LogP contribution in [0.5, 0.6) is 5.75 Å². The van der Waals surface area contributed by atoms with E-state index in [0.717, 1.165) is 17.4 Å². The van der Waals surface area contributed by atoms with Crippen LogP contribution >= 0.6 is 0 Å². The lowest BCUT2D eigenvalue weighted by Crippen LogP contribution is -2.01. The average molecular weight is 215 g/mol. The molecule has 0 N–H and O–H groups in total. The Kier molecular flexibility index (Phi) is 2.77. The van der Waals surface area contributed by atoms with E-state index in [1.54, 1.807) is 6.07 Å². The third-order valence-corrected chi connectivity index (χ3v) is 2.35. The SMILES string of the molecule is C=CCn1ccc2c(OC(C)=O)cccc21. The number of carbonyl (C=O) groups is 1. The predicted octanol–water partition coefficient (Wildman–Crippen LogP) is 2.75. The summed E-state index contributed by atoms with van der Waals surface area (Å²) in [5, 5.41) is 0.944. The molecule has 1 aromatic heterocycles. The van der Waals surface area contributed by atoms with Crippen LogP contribution in [0.3, 0.4) is 0 Å². The number of nitrogens with zero attached hydrogens (tertiary/aromatic N) is 1. The van der Waals surface area contributed by atoms with Crippen LogP contribution in [0.4, 0.5) is 0 Å². The van der Waals surface area contributed by atoms with Crippen LogP contribution in [-0.2, 0) is 11.3 Å². The molecule has 0 fully saturated rings. The summed E-state index contributed by atoms with van der Waals surface area (Å²) >= 11 is 0. The maximum absolute atomic E-state index is 10.9. The number of hydrogen-bond acceptors (Lipinski definition) is 2. The summed E-state index contributed by atoms with van der Waals surface area (Å²) in [6.07, 6.45) is 3.79. The number of benzene rings is 1. The second-order valence-corrected chi connectivity index (χ2v) is 3.54. The maximum atomic E-state index is 10.9. The molecule has 0 aliphatic heterocycles. The van der Waals surface area contributed by atoms with E-state index in [9.17, 15) is 4.79 Å². The third-order valence-electron chi connectivity index (χ3n) is 2.35. The largest absolute Gasteiger partial charge is 0.426 e. The zero-order chi connectivity index (χ0) is 11.5. The normalized spacial score (nSPS) is 10.3. The van der Waals surface area contributed by atoms with Gasteiger partial charge in [-0.2, -0.15) is 0 Å². The summed E-state index contributed by atoms with van der Waals surface area (Å²) in [5.74, 6) is 0.303. The Hall–Kier alpha value is -2.03. The first-order valence-corrected chi connectivity index (χ1v) is 5.09. The smallest absolute Gasteiger partial charge is 0.308 e. The summed E-state index contributed by atoms with van der Waals surface area (Å²) < 4.78 is 7.19. The van der Waals surface area contributed by atoms with Crippen LogP contribution in [0, 0.1) is 0 Å². The number of rotatable bonds is 3. The number of carbonyl (C=O) groups excluding carboxylic acids is 1. The first-order valence-electron chi connectivity index (χ1n) is 5.09. The first-order chi connectivity index (χ1) is 7.72. The van der Waals surface area contributed by atoms with E-state index in [1.807, 2.05) is 30.5 Å². The second-order valence-electron chi connectivity index (χ2n) is 3.54. The lowest BCUT2D eigenvalue weighted by molar-refractivity contribution is -0.131. The van der Waals surface area contributed by atoms with Crippen molar-refractivity contribution < 1.29 is 9.53 Å². The van der Waals surface area contributed by atoms with E-state index >= 15 is 0 Å². The summed E-state index contributed by atoms with van der Waals surface area (Å²) in [6, 6.07) is 7.60. The van der Waals surface area contributed by atoms with Crippen molar-refractivity contribution in [1.29, 1.82) is 0 Å². The van der Waals surface area contributed by atoms with Crippen LogP contribution < -0.4 is 4.74 Å². The van der Waals surface area contributed by atoms with Gasteiger partial charge < -0.3 is 9.30 Å². The van der Waals surface area contributed by atoms with Crippen molar-refractivity contribution in [2.24, 2.45) is 0 Å². The van der Waals surface area contributed by atoms with Crippen molar-refractivity contribution in [1.82, 2.24) is 4.57 Å². The number of esters is 1. The number of ether oxygens (including phenoxy) is 1. The molecule has 0 saturated heterocycles. The molecule has 0 bridgehead atoms. The van der Waals surface area contributed by atoms with E-state index in [1.165, 1.54) is 6.92 Å². The van der Waals surface area contributed by atoms with Gasteiger partial charge >= 0.3 is 5.97 Å². The molecule has 3 heteroatoms. The highest BCUT2D eigenvalue weighted by Crippen LogP contribution is 2.26. The van der Waals surface area contributed by atoms with Gasteiger partial charge in [0.05, 0.1) is 5.52 Å². The quantitative estimate of drug-likeness (QED) is 0.448. The van der Waals surface area contributed by atoms with E-state index in [4.69, 9.17) is 4.74 Å². The Balaban J connectivity index is 2.52. The standard InChI is InChI=1S/C13H13NO2/c1-3-8-14-9-7-11-12(14)5-4-6-13(11)16-10(2)15/h3-7,9H,1,8H2,2H3. The van der Waals surface area contributed by atoms with E-state index in [0.29, 0.717) is 5.75 Å². The lowest BCUT2D eigenvalue weighted by atomic mass is 10.2. The highest BCUT2D eigenvalue weighted by Gasteiger charge is 2.07. The van der Waals surface area contributed by atoms with Gasteiger partial charge in [-0.25, -0.2) is 0 Å². The average Bonchev–Trinajstić information content (AvgIpc) is 2.63. The first kappa shape index (κ1) is 10.5. The molecule has 0 radical (unpaired) electrons. The third kappa shape index (κ3) is 1.84. The molecule has 0 saturated carbocycles. The van der Waals surface area contributed by atoms with Gasteiger partial charge in [0.15, 0.2) is 0 Å². The van der Waals surface area contributed by atoms with Gasteiger partial charge in [-0.3, -0.25) is 4.79 Å². The Labute approximate surface area is 93.9 Å². The van der Waals surface area contributed by atoms with E-state index < -0.39 is 0 Å². The molecule has 1 heterocycles. The molecule has 16 heavy (non-hydrogen) atoms. The predicted molar refractivity (Wildman–Crippen MR) is 63.4 cm³/mol. The molecule has 0 atom stereocenters. The highest BCUT2D eigenvalue weighted by molar-refractivity contribution is 5.88. The molecule has 1 aromatic carbocycles. The number of aromatic nitrogens is 1. The van der Waals surface area contributed by atoms with Crippen LogP contribution in [0.25, 0.3) is 10.9 Å². The van der Waals surface area contributed by atoms with Crippen LogP contribution in [0.2, 0.25) is 0 Å². The van der Waals surface area contributed by atoms with Crippen molar-refractivity contribution in [2.45, 2.75) is 13.5 Å². The molecule has 82 valence electrons. The minimum atomic E-state index is -0.302. The molecular formula is C13H13NO2. The Morgan fingerprint density at radius 1 is 1.50 bits per heavy atom. The molecule has 0 aliphatic rings. The fraction of sp³-hybridized carbons (Fsp3) is 0.154. The summed E-state index contributed by atoms with van der Waals surface area (Å²) in [6.45, 7) is 5.85. The highest BCUT2D eigenvalue weighted by atomic mass is 16.5. The molecule has 0 aliphatic carbocycles. The van der Waals surface area contributed by atoms with Crippen LogP contribution in [0.15, 0.2) is 43.1 Å². The minimum Gasteiger partial charge on any atom is -0.426 e. The number of hydrogen-bond donors (Lipinski definition) is 0. The zero-order valence-corrected chi connectivity index (χ0v) is 9.14. The molecule has 0 unspecified atom stereocenters. The van der Waals surface area contributed by atoms with Crippen LogP contribution in [0.1, 0.15) is 6.92 Å². The second kappa shape index (κ2) is 4.23. The Bertz CT molecular complexity index is 540. The van der Waals surface area contributed by atoms with Crippen molar-refractivity contribution >= 4 is 16.9 Å². The number of fused-ring (bicyclic) bond motifs is 1. The van der Waals surface area contributed by atoms with E-state index in [-0.39, 0.29) is 5.97 Å². The maximum Gasteiger partial charge on any atom is 0.308 e. The van der Waals surface area contributed by atoms with Gasteiger partial charge in [0.25, 0.3) is 0 Å². The summed E-state index contributed by atoms with van der Waals surface area (Å²) in [7, 11) is 0. The molecule has 2 rings (SSSR count). The van der Waals surface area contributed by atoms with Crippen LogP contribution in [-0.4, -0.2) is 10.5 Å². The minimum absolute atomic E-state index is 0.302. The summed E-state index contributed by atoms with van der Waals surface area (Å²) in [4.78, 5) is 10.9. The molecular weight excluding hydrogens is 202 g/mol. The summed E-state index contributed by atoms with van der Waals surface area (Å²) in [5.41, 5.74) is 1.04. The monoisotopic (exact) mass is 215 g/mol. The topological polar surface area (TPSA) is 31.2 Å². The molecule has 2 aromatic rings. The van der Waals surface area contributed by atoms with E-state index in [2.05, 4.69) is 11.1 Å². The van der Waals surface area contributed by atoms with Crippen molar-refractivity contribution in [2.75, 3.05) is 0 Å². The Morgan fingerprint density at radius 3 is 3.00 bits per heavy atom. The fourth-order valence-corrected chi connectivity index (χ4v) is 1.74. The van der Waals surface area contributed by atoms with Crippen molar-refractivity contribution in [3.63, 3.8) is 0 Å². The van der Waals surface area contributed by atoms with Gasteiger partial charge in [0.1, 0.15) is 5.75 Å². The van der Waals surface area contributed by atoms with Gasteiger partial charge in [0, 0.05) is 25.1 Å². The molecule has 0 spiro atoms. The van der Waals surface area contributed by atoms with Gasteiger partial charge in [-0.05, 0) is 18.2 Å². The lowest BCUT2D eigenvalue weighted by Gasteiger charge is -2.04. The zero-order valence-electron chi connectivity index (χ0n) is 9.14. The molecule has 0 amide bonds. The molecule has 3 nitrogen and oxygen atoms in total. The fourth-order valence-electron chi connectivity index (χ4n) is 1.74. The Morgan fingerprint density at radius 2 is 2.31 bits per heavy atom. The van der Waals surface area contributed by atoms with Gasteiger partial charge in [-0.1, -0.05) is 12.1 Å². The van der Waals surface area contributed by atoms with Gasteiger partial charge in [0.2, 0.25) is 0 Å². The van der Waals surface area contributed by atoms with Crippen molar-refractivity contribution in [3.8, 4) is 5.75 Å². The van der Waals surface area contributed by atoms with Gasteiger partial charge in [-0.15, -0.1) is 6.58 Å². The number of allylic oxidation sites excluding steroid dienone is 1.